The third-order valence-electron chi connectivity index (χ3n) is 1.98. The molecular weight excluding hydrogens is 265 g/mol. The van der Waals surface area contributed by atoms with E-state index in [2.05, 4.69) is 15.3 Å². The zero-order valence-electron chi connectivity index (χ0n) is 8.67. The van der Waals surface area contributed by atoms with Gasteiger partial charge in [0.2, 0.25) is 5.95 Å². The summed E-state index contributed by atoms with van der Waals surface area (Å²) in [6, 6.07) is 5.21. The number of aromatic amines is 1. The number of carbonyl (C=O) groups is 1. The molecule has 17 heavy (non-hydrogen) atoms. The minimum Gasteiger partial charge on any atom is -0.448 e. The molecule has 2 aromatic rings. The van der Waals surface area contributed by atoms with Crippen LogP contribution in [0.5, 0.6) is 0 Å². The lowest BCUT2D eigenvalue weighted by Gasteiger charge is -2.01. The summed E-state index contributed by atoms with van der Waals surface area (Å²) in [5.74, 6) is 0.560. The number of alkyl halides is 1. The number of nitrogens with zero attached hydrogens (tertiary/aromatic N) is 1. The fourth-order valence-electron chi connectivity index (χ4n) is 1.30. The minimum absolute atomic E-state index is 0.152. The number of anilines is 1. The number of rotatable bonds is 3. The third-order valence-corrected chi connectivity index (χ3v) is 2.37. The Bertz CT molecular complexity index is 541. The van der Waals surface area contributed by atoms with Crippen LogP contribution < -0.4 is 5.32 Å². The molecule has 0 aliphatic rings. The van der Waals surface area contributed by atoms with E-state index in [1.54, 1.807) is 18.2 Å². The van der Waals surface area contributed by atoms with Gasteiger partial charge >= 0.3 is 6.09 Å². The topological polar surface area (TPSA) is 67.0 Å². The number of benzene rings is 1. The van der Waals surface area contributed by atoms with Crippen LogP contribution in [0, 0.1) is 0 Å². The van der Waals surface area contributed by atoms with E-state index in [1.165, 1.54) is 0 Å². The van der Waals surface area contributed by atoms with Crippen molar-refractivity contribution in [3.63, 3.8) is 0 Å². The van der Waals surface area contributed by atoms with E-state index in [0.29, 0.717) is 16.5 Å². The summed E-state index contributed by atoms with van der Waals surface area (Å²) < 4.78 is 4.75. The maximum Gasteiger partial charge on any atom is 0.414 e. The van der Waals surface area contributed by atoms with Crippen molar-refractivity contribution in [2.45, 2.75) is 0 Å². The molecule has 0 spiro atoms. The first-order chi connectivity index (χ1) is 8.19. The van der Waals surface area contributed by atoms with Crippen molar-refractivity contribution in [1.82, 2.24) is 9.97 Å². The molecule has 0 radical (unpaired) electrons. The number of nitrogens with one attached hydrogen (secondary N) is 2. The van der Waals surface area contributed by atoms with Gasteiger partial charge in [0.25, 0.3) is 0 Å². The first kappa shape index (κ1) is 12.0. The Balaban J connectivity index is 2.11. The number of hydrogen-bond donors (Lipinski definition) is 2. The number of amides is 1. The number of fused-ring (bicyclic) bond motifs is 1. The molecule has 0 unspecified atom stereocenters. The van der Waals surface area contributed by atoms with Gasteiger partial charge in [0, 0.05) is 5.02 Å². The zero-order chi connectivity index (χ0) is 12.3. The third kappa shape index (κ3) is 3.01. The molecule has 7 heteroatoms. The molecule has 0 aliphatic heterocycles. The molecule has 90 valence electrons. The number of H-pyrrole nitrogens is 1. The normalized spacial score (nSPS) is 10.5. The van der Waals surface area contributed by atoms with E-state index in [9.17, 15) is 4.79 Å². The van der Waals surface area contributed by atoms with Crippen molar-refractivity contribution in [3.8, 4) is 0 Å². The summed E-state index contributed by atoms with van der Waals surface area (Å²) in [5, 5.41) is 3.04. The fourth-order valence-corrected chi connectivity index (χ4v) is 1.55. The highest BCUT2D eigenvalue weighted by Crippen LogP contribution is 2.18. The van der Waals surface area contributed by atoms with Crippen LogP contribution in [0.2, 0.25) is 5.02 Å². The van der Waals surface area contributed by atoms with Crippen LogP contribution in [-0.2, 0) is 4.74 Å². The summed E-state index contributed by atoms with van der Waals surface area (Å²) in [6.45, 7) is 0.152. The van der Waals surface area contributed by atoms with Crippen LogP contribution in [0.3, 0.4) is 0 Å². The molecule has 0 saturated carbocycles. The lowest BCUT2D eigenvalue weighted by Crippen LogP contribution is -2.15. The highest BCUT2D eigenvalue weighted by molar-refractivity contribution is 6.31. The van der Waals surface area contributed by atoms with Crippen molar-refractivity contribution >= 4 is 46.3 Å². The summed E-state index contributed by atoms with van der Waals surface area (Å²) in [4.78, 5) is 18.3. The Hall–Kier alpha value is -1.46. The van der Waals surface area contributed by atoms with Gasteiger partial charge in [-0.25, -0.2) is 9.78 Å². The molecule has 1 amide bonds. The molecule has 0 atom stereocenters. The lowest BCUT2D eigenvalue weighted by atomic mass is 10.3. The monoisotopic (exact) mass is 273 g/mol. The van der Waals surface area contributed by atoms with Gasteiger partial charge in [-0.15, -0.1) is 11.6 Å². The first-order valence-electron chi connectivity index (χ1n) is 4.84. The Morgan fingerprint density at radius 2 is 2.35 bits per heavy atom. The molecular formula is C10H9Cl2N3O2. The minimum atomic E-state index is -0.601. The van der Waals surface area contributed by atoms with Crippen LogP contribution in [0.15, 0.2) is 18.2 Å². The molecule has 0 fully saturated rings. The number of aromatic nitrogens is 2. The highest BCUT2D eigenvalue weighted by Gasteiger charge is 2.07. The molecule has 0 saturated heterocycles. The highest BCUT2D eigenvalue weighted by atomic mass is 35.5. The van der Waals surface area contributed by atoms with E-state index in [4.69, 9.17) is 27.9 Å². The number of halogens is 2. The molecule has 1 aromatic heterocycles. The van der Waals surface area contributed by atoms with Gasteiger partial charge in [0.1, 0.15) is 6.61 Å². The largest absolute Gasteiger partial charge is 0.448 e. The van der Waals surface area contributed by atoms with Gasteiger partial charge in [-0.3, -0.25) is 5.32 Å². The Morgan fingerprint density at radius 1 is 1.53 bits per heavy atom. The Labute approximate surface area is 107 Å². The molecule has 2 N–H and O–H groups in total. The molecule has 0 bridgehead atoms. The van der Waals surface area contributed by atoms with Crippen molar-refractivity contribution in [2.24, 2.45) is 0 Å². The Kier molecular flexibility index (Phi) is 3.71. The summed E-state index contributed by atoms with van der Waals surface area (Å²) in [5.41, 5.74) is 1.45. The quantitative estimate of drug-likeness (QED) is 0.845. The second kappa shape index (κ2) is 5.25. The van der Waals surface area contributed by atoms with Crippen LogP contribution in [0.1, 0.15) is 0 Å². The molecule has 5 nitrogen and oxygen atoms in total. The standard InChI is InChI=1S/C10H9Cl2N3O2/c11-3-4-17-10(16)15-9-13-7-2-1-6(12)5-8(7)14-9/h1-2,5H,3-4H2,(H2,13,14,15,16). The van der Waals surface area contributed by atoms with Crippen molar-refractivity contribution in [2.75, 3.05) is 17.8 Å². The average molecular weight is 274 g/mol. The summed E-state index contributed by atoms with van der Waals surface area (Å²) >= 11 is 11.2. The number of imidazole rings is 1. The molecule has 1 heterocycles. The van der Waals surface area contributed by atoms with Crippen molar-refractivity contribution in [1.29, 1.82) is 0 Å². The molecule has 0 aliphatic carbocycles. The van der Waals surface area contributed by atoms with E-state index in [-0.39, 0.29) is 12.5 Å². The average Bonchev–Trinajstić information content (AvgIpc) is 2.67. The van der Waals surface area contributed by atoms with Crippen LogP contribution in [0.25, 0.3) is 11.0 Å². The Morgan fingerprint density at radius 3 is 3.12 bits per heavy atom. The fraction of sp³-hybridized carbons (Fsp3) is 0.200. The predicted octanol–water partition coefficient (Wildman–Crippen LogP) is 3.00. The van der Waals surface area contributed by atoms with Crippen molar-refractivity contribution in [3.05, 3.63) is 23.2 Å². The van der Waals surface area contributed by atoms with Crippen LogP contribution >= 0.6 is 23.2 Å². The zero-order valence-corrected chi connectivity index (χ0v) is 10.2. The second-order valence-electron chi connectivity index (χ2n) is 3.20. The van der Waals surface area contributed by atoms with Gasteiger partial charge in [-0.1, -0.05) is 11.6 Å². The van der Waals surface area contributed by atoms with E-state index < -0.39 is 6.09 Å². The summed E-state index contributed by atoms with van der Waals surface area (Å²) in [7, 11) is 0. The predicted molar refractivity (Wildman–Crippen MR) is 66.8 cm³/mol. The number of carbonyl (C=O) groups excluding carboxylic acids is 1. The maximum atomic E-state index is 11.2. The smallest absolute Gasteiger partial charge is 0.414 e. The second-order valence-corrected chi connectivity index (χ2v) is 4.01. The van der Waals surface area contributed by atoms with Crippen LogP contribution in [-0.4, -0.2) is 28.5 Å². The number of hydrogen-bond acceptors (Lipinski definition) is 3. The lowest BCUT2D eigenvalue weighted by molar-refractivity contribution is 0.168. The van der Waals surface area contributed by atoms with Gasteiger partial charge in [-0.05, 0) is 18.2 Å². The van der Waals surface area contributed by atoms with Crippen LogP contribution in [0.4, 0.5) is 10.7 Å². The van der Waals surface area contributed by atoms with Gasteiger partial charge < -0.3 is 9.72 Å². The number of ether oxygens (including phenoxy) is 1. The van der Waals surface area contributed by atoms with E-state index in [1.807, 2.05) is 0 Å². The first-order valence-corrected chi connectivity index (χ1v) is 5.75. The van der Waals surface area contributed by atoms with Gasteiger partial charge in [-0.2, -0.15) is 0 Å². The SMILES string of the molecule is O=C(Nc1nc2cc(Cl)ccc2[nH]1)OCCCl. The molecule has 1 aromatic carbocycles. The van der Waals surface area contributed by atoms with Gasteiger partial charge in [0.15, 0.2) is 0 Å². The van der Waals surface area contributed by atoms with Gasteiger partial charge in [0.05, 0.1) is 16.9 Å². The maximum absolute atomic E-state index is 11.2. The van der Waals surface area contributed by atoms with Crippen molar-refractivity contribution < 1.29 is 9.53 Å². The summed E-state index contributed by atoms with van der Waals surface area (Å²) in [6.07, 6.45) is -0.601. The molecule has 2 rings (SSSR count). The van der Waals surface area contributed by atoms with E-state index >= 15 is 0 Å². The van der Waals surface area contributed by atoms with E-state index in [0.717, 1.165) is 5.52 Å².